The lowest BCUT2D eigenvalue weighted by atomic mass is 9.89. The van der Waals surface area contributed by atoms with Gasteiger partial charge in [-0.15, -0.1) is 0 Å². The van der Waals surface area contributed by atoms with Gasteiger partial charge in [0, 0.05) is 82.2 Å². The number of imide groups is 1. The van der Waals surface area contributed by atoms with Crippen molar-refractivity contribution in [3.63, 3.8) is 0 Å². The van der Waals surface area contributed by atoms with Crippen molar-refractivity contribution in [1.82, 2.24) is 30.2 Å². The smallest absolute Gasteiger partial charge is 0.256 e. The highest BCUT2D eigenvalue weighted by molar-refractivity contribution is 6.04. The summed E-state index contributed by atoms with van der Waals surface area (Å²) in [6, 6.07) is 26.0. The molecule has 4 aliphatic heterocycles. The Labute approximate surface area is 321 Å². The number of amides is 4. The van der Waals surface area contributed by atoms with Crippen LogP contribution in [0, 0.1) is 0 Å². The molecular formula is C42H48N8O5. The summed E-state index contributed by atoms with van der Waals surface area (Å²) in [6.07, 6.45) is 2.45. The lowest BCUT2D eigenvalue weighted by molar-refractivity contribution is -0.143. The number of nitrogens with zero attached hydrogens (tertiary/aromatic N) is 5. The normalized spacial score (nSPS) is 20.3. The molecule has 0 bridgehead atoms. The first-order valence-electron chi connectivity index (χ1n) is 19.3. The number of rotatable bonds is 10. The van der Waals surface area contributed by atoms with E-state index < -0.39 is 6.10 Å². The van der Waals surface area contributed by atoms with Crippen LogP contribution in [0.1, 0.15) is 76.0 Å². The first-order chi connectivity index (χ1) is 26.8. The van der Waals surface area contributed by atoms with E-state index in [4.69, 9.17) is 4.74 Å². The molecule has 13 nitrogen and oxygen atoms in total. The number of aromatic nitrogens is 2. The largest absolute Gasteiger partial charge is 0.371 e. The average Bonchev–Trinajstić information content (AvgIpc) is 3.81. The van der Waals surface area contributed by atoms with Crippen molar-refractivity contribution in [2.75, 3.05) is 56.6 Å². The van der Waals surface area contributed by atoms with Crippen LogP contribution in [0.5, 0.6) is 0 Å². The SMILES string of the molecule is CO[C@@H](C(=O)N1Cc2[nH]nc(NC(=O)c3ccc(N4CCC(N5CCN(Cc6cccc(C7CCC(=O)NC7=O)c6)CC5)CC4)cc3)c2C1)c1ccccc1. The summed E-state index contributed by atoms with van der Waals surface area (Å²) >= 11 is 0. The van der Waals surface area contributed by atoms with Crippen LogP contribution in [0.25, 0.3) is 0 Å². The number of anilines is 2. The number of carbonyl (C=O) groups excluding carboxylic acids is 4. The van der Waals surface area contributed by atoms with Crippen molar-refractivity contribution in [3.05, 3.63) is 112 Å². The monoisotopic (exact) mass is 744 g/mol. The number of piperidine rings is 2. The molecule has 5 heterocycles. The number of H-pyrrole nitrogens is 1. The van der Waals surface area contributed by atoms with Gasteiger partial charge in [-0.1, -0.05) is 54.6 Å². The Bertz CT molecular complexity index is 2020. The molecule has 2 atom stereocenters. The standard InChI is InChI=1S/C42H48N8O5/c1-55-38(29-7-3-2-4-8-29)42(54)50-26-35-36(27-50)45-46-39(35)44-40(52)30-10-12-32(13-11-30)48-18-16-33(17-19-48)49-22-20-47(21-23-49)25-28-6-5-9-31(24-28)34-14-15-37(51)43-41(34)53/h2-13,24,33-34,38H,14-23,25-27H2,1H3,(H,43,51,53)(H2,44,45,46,52)/t34?,38-/m1/s1. The number of hydrogen-bond donors (Lipinski definition) is 3. The van der Waals surface area contributed by atoms with Gasteiger partial charge in [0.2, 0.25) is 11.8 Å². The molecule has 55 heavy (non-hydrogen) atoms. The van der Waals surface area contributed by atoms with E-state index in [1.54, 1.807) is 4.90 Å². The maximum Gasteiger partial charge on any atom is 0.256 e. The zero-order valence-corrected chi connectivity index (χ0v) is 31.2. The van der Waals surface area contributed by atoms with Gasteiger partial charge in [0.15, 0.2) is 11.9 Å². The molecule has 1 unspecified atom stereocenters. The third-order valence-corrected chi connectivity index (χ3v) is 11.6. The number of benzene rings is 3. The van der Waals surface area contributed by atoms with Crippen LogP contribution in [0.3, 0.4) is 0 Å². The molecule has 4 amide bonds. The van der Waals surface area contributed by atoms with Crippen molar-refractivity contribution < 1.29 is 23.9 Å². The number of fused-ring (bicyclic) bond motifs is 1. The summed E-state index contributed by atoms with van der Waals surface area (Å²) in [5, 5.41) is 12.8. The van der Waals surface area contributed by atoms with E-state index in [0.717, 1.165) is 86.7 Å². The number of piperazine rings is 1. The van der Waals surface area contributed by atoms with Crippen LogP contribution in [0.15, 0.2) is 78.9 Å². The molecule has 0 saturated carbocycles. The zero-order valence-electron chi connectivity index (χ0n) is 31.2. The summed E-state index contributed by atoms with van der Waals surface area (Å²) in [6.45, 7) is 7.58. The number of nitrogens with one attached hydrogen (secondary N) is 3. The summed E-state index contributed by atoms with van der Waals surface area (Å²) in [7, 11) is 1.53. The third-order valence-electron chi connectivity index (χ3n) is 11.6. The minimum atomic E-state index is -0.701. The van der Waals surface area contributed by atoms with Crippen LogP contribution in [0.4, 0.5) is 11.5 Å². The van der Waals surface area contributed by atoms with E-state index in [-0.39, 0.29) is 29.5 Å². The molecule has 0 radical (unpaired) electrons. The maximum absolute atomic E-state index is 13.3. The van der Waals surface area contributed by atoms with E-state index in [1.165, 1.54) is 12.7 Å². The lowest BCUT2D eigenvalue weighted by Gasteiger charge is -2.43. The van der Waals surface area contributed by atoms with E-state index in [2.05, 4.69) is 47.7 Å². The van der Waals surface area contributed by atoms with Gasteiger partial charge in [-0.25, -0.2) is 0 Å². The van der Waals surface area contributed by atoms with Gasteiger partial charge in [0.25, 0.3) is 11.8 Å². The van der Waals surface area contributed by atoms with Crippen LogP contribution < -0.4 is 15.5 Å². The second-order valence-corrected chi connectivity index (χ2v) is 15.0. The molecule has 4 aromatic rings. The molecule has 8 rings (SSSR count). The van der Waals surface area contributed by atoms with Gasteiger partial charge < -0.3 is 19.9 Å². The summed E-state index contributed by atoms with van der Waals surface area (Å²) < 4.78 is 5.56. The first-order valence-corrected chi connectivity index (χ1v) is 19.3. The molecule has 0 spiro atoms. The van der Waals surface area contributed by atoms with Gasteiger partial charge in [0.1, 0.15) is 0 Å². The average molecular weight is 745 g/mol. The molecular weight excluding hydrogens is 697 g/mol. The number of ether oxygens (including phenoxy) is 1. The minimum absolute atomic E-state index is 0.138. The van der Waals surface area contributed by atoms with Crippen LogP contribution in [-0.2, 0) is 38.8 Å². The molecule has 3 saturated heterocycles. The topological polar surface area (TPSA) is 143 Å². The molecule has 13 heteroatoms. The molecule has 1 aromatic heterocycles. The van der Waals surface area contributed by atoms with Crippen molar-refractivity contribution in [2.24, 2.45) is 0 Å². The van der Waals surface area contributed by atoms with Gasteiger partial charge in [0.05, 0.1) is 24.7 Å². The highest BCUT2D eigenvalue weighted by Crippen LogP contribution is 2.32. The molecule has 4 aliphatic rings. The number of hydrogen-bond acceptors (Lipinski definition) is 9. The highest BCUT2D eigenvalue weighted by atomic mass is 16.5. The van der Waals surface area contributed by atoms with Crippen LogP contribution in [0.2, 0.25) is 0 Å². The Morgan fingerprint density at radius 2 is 1.65 bits per heavy atom. The summed E-state index contributed by atoms with van der Waals surface area (Å²) in [4.78, 5) is 59.9. The van der Waals surface area contributed by atoms with Crippen LogP contribution in [-0.4, -0.2) is 101 Å². The molecule has 0 aliphatic carbocycles. The fourth-order valence-electron chi connectivity index (χ4n) is 8.53. The van der Waals surface area contributed by atoms with Gasteiger partial charge >= 0.3 is 0 Å². The van der Waals surface area contributed by atoms with E-state index in [1.807, 2.05) is 66.7 Å². The Morgan fingerprint density at radius 3 is 2.38 bits per heavy atom. The van der Waals surface area contributed by atoms with Crippen molar-refractivity contribution in [2.45, 2.75) is 63.4 Å². The summed E-state index contributed by atoms with van der Waals surface area (Å²) in [5.41, 5.74) is 6.27. The lowest BCUT2D eigenvalue weighted by Crippen LogP contribution is -2.53. The number of aromatic amines is 1. The number of carbonyl (C=O) groups is 4. The van der Waals surface area contributed by atoms with Gasteiger partial charge in [-0.2, -0.15) is 5.10 Å². The van der Waals surface area contributed by atoms with E-state index in [9.17, 15) is 19.2 Å². The zero-order chi connectivity index (χ0) is 37.9. The van der Waals surface area contributed by atoms with E-state index in [0.29, 0.717) is 43.4 Å². The minimum Gasteiger partial charge on any atom is -0.371 e. The van der Waals surface area contributed by atoms with Gasteiger partial charge in [-0.05, 0) is 60.2 Å². The fourth-order valence-corrected chi connectivity index (χ4v) is 8.53. The van der Waals surface area contributed by atoms with Crippen molar-refractivity contribution in [1.29, 1.82) is 0 Å². The molecule has 3 N–H and O–H groups in total. The van der Waals surface area contributed by atoms with Crippen LogP contribution >= 0.6 is 0 Å². The predicted molar refractivity (Wildman–Crippen MR) is 207 cm³/mol. The quantitative estimate of drug-likeness (QED) is 0.204. The Hall–Kier alpha value is -5.37. The number of methoxy groups -OCH3 is 1. The Kier molecular flexibility index (Phi) is 10.8. The summed E-state index contributed by atoms with van der Waals surface area (Å²) in [5.74, 6) is -0.570. The molecule has 3 fully saturated rings. The Balaban J connectivity index is 0.787. The van der Waals surface area contributed by atoms with Gasteiger partial charge in [-0.3, -0.25) is 39.4 Å². The second kappa shape index (κ2) is 16.2. The van der Waals surface area contributed by atoms with E-state index >= 15 is 0 Å². The third kappa shape index (κ3) is 8.05. The van der Waals surface area contributed by atoms with Crippen molar-refractivity contribution in [3.8, 4) is 0 Å². The molecule has 286 valence electrons. The fraction of sp³-hybridized carbons (Fsp3) is 0.405. The predicted octanol–water partition coefficient (Wildman–Crippen LogP) is 4.20. The van der Waals surface area contributed by atoms with Crippen molar-refractivity contribution >= 4 is 35.1 Å². The first kappa shape index (κ1) is 36.6. The maximum atomic E-state index is 13.3. The Morgan fingerprint density at radius 1 is 0.891 bits per heavy atom. The second-order valence-electron chi connectivity index (χ2n) is 15.0. The highest BCUT2D eigenvalue weighted by Gasteiger charge is 2.34. The molecule has 3 aromatic carbocycles.